The van der Waals surface area contributed by atoms with Crippen LogP contribution in [-0.4, -0.2) is 41.4 Å². The Labute approximate surface area is 172 Å². The normalized spacial score (nSPS) is 19.9. The second-order valence-corrected chi connectivity index (χ2v) is 9.09. The van der Waals surface area contributed by atoms with Crippen molar-refractivity contribution in [1.29, 1.82) is 0 Å². The molecule has 0 bridgehead atoms. The lowest BCUT2D eigenvalue weighted by molar-refractivity contribution is 0.468. The average Bonchev–Trinajstić information content (AvgIpc) is 3.33. The number of nitrogens with zero attached hydrogens (tertiary/aromatic N) is 3. The van der Waals surface area contributed by atoms with E-state index in [0.29, 0.717) is 5.56 Å². The first-order valence-corrected chi connectivity index (χ1v) is 10.6. The maximum Gasteiger partial charge on any atom is 0.262 e. The number of rotatable bonds is 5. The highest BCUT2D eigenvalue weighted by Gasteiger charge is 2.41. The highest BCUT2D eigenvalue weighted by atomic mass is 32.2. The summed E-state index contributed by atoms with van der Waals surface area (Å²) < 4.78 is 70.0. The molecule has 0 amide bonds. The van der Waals surface area contributed by atoms with E-state index in [1.54, 1.807) is 19.2 Å². The van der Waals surface area contributed by atoms with Gasteiger partial charge in [0.1, 0.15) is 5.82 Å². The monoisotopic (exact) mass is 436 g/mol. The lowest BCUT2D eigenvalue weighted by Crippen LogP contribution is -2.32. The Morgan fingerprint density at radius 1 is 1.07 bits per heavy atom. The molecule has 0 saturated carbocycles. The van der Waals surface area contributed by atoms with Gasteiger partial charge in [-0.15, -0.1) is 0 Å². The SMILES string of the molecule is Cn1cnc(S(=O)(=O)N2C[C@H](Nc3cccc(F)c3F)[C@@H](c3ccc(F)cc3)C2)c1. The Kier molecular flexibility index (Phi) is 5.29. The predicted octanol–water partition coefficient (Wildman–Crippen LogP) is 3.11. The Morgan fingerprint density at radius 3 is 2.47 bits per heavy atom. The molecule has 0 aliphatic carbocycles. The van der Waals surface area contributed by atoms with Crippen LogP contribution in [0.5, 0.6) is 0 Å². The van der Waals surface area contributed by atoms with Gasteiger partial charge in [0, 0.05) is 38.3 Å². The summed E-state index contributed by atoms with van der Waals surface area (Å²) >= 11 is 0. The molecule has 2 atom stereocenters. The van der Waals surface area contributed by atoms with Gasteiger partial charge in [-0.2, -0.15) is 4.31 Å². The summed E-state index contributed by atoms with van der Waals surface area (Å²) in [7, 11) is -2.23. The van der Waals surface area contributed by atoms with Crippen molar-refractivity contribution in [2.75, 3.05) is 18.4 Å². The number of hydrogen-bond acceptors (Lipinski definition) is 4. The molecule has 1 aromatic heterocycles. The van der Waals surface area contributed by atoms with Crippen LogP contribution in [-0.2, 0) is 17.1 Å². The van der Waals surface area contributed by atoms with E-state index in [1.165, 1.54) is 45.7 Å². The van der Waals surface area contributed by atoms with Crippen molar-refractivity contribution in [1.82, 2.24) is 13.9 Å². The topological polar surface area (TPSA) is 67.2 Å². The average molecular weight is 436 g/mol. The van der Waals surface area contributed by atoms with Crippen LogP contribution < -0.4 is 5.32 Å². The molecule has 10 heteroatoms. The summed E-state index contributed by atoms with van der Waals surface area (Å²) in [6, 6.07) is 8.88. The second-order valence-electron chi connectivity index (χ2n) is 7.21. The Bertz CT molecular complexity index is 1170. The van der Waals surface area contributed by atoms with Crippen LogP contribution in [0.25, 0.3) is 0 Å². The van der Waals surface area contributed by atoms with Gasteiger partial charge in [0.2, 0.25) is 0 Å². The third kappa shape index (κ3) is 3.80. The van der Waals surface area contributed by atoms with Gasteiger partial charge in [0.15, 0.2) is 16.7 Å². The minimum atomic E-state index is -3.89. The molecule has 2 heterocycles. The smallest absolute Gasteiger partial charge is 0.262 e. The van der Waals surface area contributed by atoms with Crippen molar-refractivity contribution in [3.63, 3.8) is 0 Å². The quantitative estimate of drug-likeness (QED) is 0.668. The molecule has 1 N–H and O–H groups in total. The van der Waals surface area contributed by atoms with E-state index >= 15 is 0 Å². The fraction of sp³-hybridized carbons (Fsp3) is 0.250. The molecular weight excluding hydrogens is 417 g/mol. The van der Waals surface area contributed by atoms with Crippen LogP contribution in [0.2, 0.25) is 0 Å². The number of hydrogen-bond donors (Lipinski definition) is 1. The zero-order valence-corrected chi connectivity index (χ0v) is 16.8. The summed E-state index contributed by atoms with van der Waals surface area (Å²) in [6.45, 7) is 0.0933. The van der Waals surface area contributed by atoms with Gasteiger partial charge in [-0.05, 0) is 29.8 Å². The van der Waals surface area contributed by atoms with Crippen molar-refractivity contribution in [3.05, 3.63) is 78.0 Å². The van der Waals surface area contributed by atoms with Crippen LogP contribution in [0.3, 0.4) is 0 Å². The lowest BCUT2D eigenvalue weighted by Gasteiger charge is -2.21. The minimum absolute atomic E-state index is 0.0108. The fourth-order valence-corrected chi connectivity index (χ4v) is 5.09. The Morgan fingerprint density at radius 2 is 1.80 bits per heavy atom. The molecule has 2 aromatic carbocycles. The third-order valence-electron chi connectivity index (χ3n) is 5.16. The highest BCUT2D eigenvalue weighted by Crippen LogP contribution is 2.34. The summed E-state index contributed by atoms with van der Waals surface area (Å²) in [4.78, 5) is 3.93. The summed E-state index contributed by atoms with van der Waals surface area (Å²) in [6.07, 6.45) is 2.79. The van der Waals surface area contributed by atoms with Crippen LogP contribution in [0.4, 0.5) is 18.9 Å². The van der Waals surface area contributed by atoms with E-state index in [4.69, 9.17) is 0 Å². The molecule has 30 heavy (non-hydrogen) atoms. The van der Waals surface area contributed by atoms with E-state index in [0.717, 1.165) is 6.07 Å². The van der Waals surface area contributed by atoms with Gasteiger partial charge in [0.05, 0.1) is 12.0 Å². The molecule has 1 aliphatic rings. The van der Waals surface area contributed by atoms with E-state index in [1.807, 2.05) is 0 Å². The molecule has 158 valence electrons. The first kappa shape index (κ1) is 20.4. The standard InChI is InChI=1S/C20H19F3N4O2S/c1-26-11-19(24-12-26)30(28,29)27-9-15(13-5-7-14(21)8-6-13)18(10-27)25-17-4-2-3-16(22)20(17)23/h2-8,11-12,15,18,25H,9-10H2,1H3/t15-,18+/m1/s1. The molecule has 1 fully saturated rings. The fourth-order valence-electron chi connectivity index (χ4n) is 3.63. The number of benzene rings is 2. The van der Waals surface area contributed by atoms with Crippen LogP contribution >= 0.6 is 0 Å². The summed E-state index contributed by atoms with van der Waals surface area (Å²) in [5, 5.41) is 2.83. The van der Waals surface area contributed by atoms with Gasteiger partial charge in [-0.25, -0.2) is 26.6 Å². The van der Waals surface area contributed by atoms with Crippen molar-refractivity contribution >= 4 is 15.7 Å². The lowest BCUT2D eigenvalue weighted by atomic mass is 9.94. The number of anilines is 1. The molecular formula is C20H19F3N4O2S. The van der Waals surface area contributed by atoms with Gasteiger partial charge in [-0.1, -0.05) is 18.2 Å². The highest BCUT2D eigenvalue weighted by molar-refractivity contribution is 7.89. The minimum Gasteiger partial charge on any atom is -0.378 e. The first-order valence-electron chi connectivity index (χ1n) is 9.20. The maximum atomic E-state index is 14.2. The van der Waals surface area contributed by atoms with Crippen LogP contribution in [0, 0.1) is 17.5 Å². The third-order valence-corrected chi connectivity index (χ3v) is 6.88. The Hall–Kier alpha value is -2.85. The van der Waals surface area contributed by atoms with E-state index < -0.39 is 39.4 Å². The number of nitrogens with one attached hydrogen (secondary N) is 1. The van der Waals surface area contributed by atoms with Crippen molar-refractivity contribution in [2.45, 2.75) is 17.0 Å². The number of imidazole rings is 1. The molecule has 0 radical (unpaired) electrons. The Balaban J connectivity index is 1.68. The van der Waals surface area contributed by atoms with Crippen molar-refractivity contribution in [3.8, 4) is 0 Å². The number of sulfonamides is 1. The van der Waals surface area contributed by atoms with Crippen molar-refractivity contribution in [2.24, 2.45) is 7.05 Å². The van der Waals surface area contributed by atoms with Crippen molar-refractivity contribution < 1.29 is 21.6 Å². The van der Waals surface area contributed by atoms with Gasteiger partial charge in [-0.3, -0.25) is 0 Å². The molecule has 4 rings (SSSR count). The molecule has 1 saturated heterocycles. The summed E-state index contributed by atoms with van der Waals surface area (Å²) in [5.74, 6) is -2.88. The van der Waals surface area contributed by atoms with E-state index in [-0.39, 0.29) is 23.8 Å². The molecule has 1 aliphatic heterocycles. The molecule has 0 unspecified atom stereocenters. The number of halogens is 3. The van der Waals surface area contributed by atoms with Crippen LogP contribution in [0.1, 0.15) is 11.5 Å². The molecule has 3 aromatic rings. The largest absolute Gasteiger partial charge is 0.378 e. The van der Waals surface area contributed by atoms with Gasteiger partial charge in [0.25, 0.3) is 10.0 Å². The summed E-state index contributed by atoms with van der Waals surface area (Å²) in [5.41, 5.74) is 0.619. The molecule has 0 spiro atoms. The molecule has 6 nitrogen and oxygen atoms in total. The first-order chi connectivity index (χ1) is 14.3. The van der Waals surface area contributed by atoms with E-state index in [9.17, 15) is 21.6 Å². The number of aryl methyl sites for hydroxylation is 1. The van der Waals surface area contributed by atoms with E-state index in [2.05, 4.69) is 10.3 Å². The number of aromatic nitrogens is 2. The van der Waals surface area contributed by atoms with Gasteiger partial charge >= 0.3 is 0 Å². The van der Waals surface area contributed by atoms with Gasteiger partial charge < -0.3 is 9.88 Å². The predicted molar refractivity (Wildman–Crippen MR) is 105 cm³/mol. The zero-order valence-electron chi connectivity index (χ0n) is 16.0. The van der Waals surface area contributed by atoms with Crippen LogP contribution in [0.15, 0.2) is 60.0 Å². The second kappa shape index (κ2) is 7.77. The zero-order chi connectivity index (χ0) is 21.5. The maximum absolute atomic E-state index is 14.2.